The molecule has 0 aliphatic carbocycles. The van der Waals surface area contributed by atoms with E-state index in [0.717, 1.165) is 6.42 Å². The summed E-state index contributed by atoms with van der Waals surface area (Å²) in [5.74, 6) is -2.18. The Labute approximate surface area is 200 Å². The summed E-state index contributed by atoms with van der Waals surface area (Å²) < 4.78 is 15.5. The Balaban J connectivity index is 1.50. The van der Waals surface area contributed by atoms with E-state index in [1.165, 1.54) is 23.0 Å². The second-order valence-corrected chi connectivity index (χ2v) is 10.7. The average Bonchev–Trinajstić information content (AvgIpc) is 2.74. The highest BCUT2D eigenvalue weighted by molar-refractivity contribution is 14.1. The highest BCUT2D eigenvalue weighted by atomic mass is 127. The van der Waals surface area contributed by atoms with Crippen molar-refractivity contribution in [2.75, 3.05) is 18.1 Å². The minimum Gasteiger partial charge on any atom is -0.502 e. The van der Waals surface area contributed by atoms with Crippen molar-refractivity contribution < 1.29 is 19.1 Å². The van der Waals surface area contributed by atoms with Crippen molar-refractivity contribution in [3.63, 3.8) is 0 Å². The maximum Gasteiger partial charge on any atom is 0.278 e. The number of nitrogens with one attached hydrogen (secondary N) is 1. The zero-order valence-electron chi connectivity index (χ0n) is 17.0. The number of fused-ring (bicyclic) bond motifs is 1. The number of hydrogen-bond donors (Lipinski definition) is 2. The smallest absolute Gasteiger partial charge is 0.278 e. The molecule has 2 aromatic rings. The Kier molecular flexibility index (Phi) is 5.35. The molecule has 4 aliphatic rings. The van der Waals surface area contributed by atoms with Gasteiger partial charge in [0.15, 0.2) is 11.4 Å². The van der Waals surface area contributed by atoms with E-state index >= 15 is 0 Å². The number of halogens is 2. The molecule has 4 aliphatic heterocycles. The van der Waals surface area contributed by atoms with Crippen molar-refractivity contribution in [2.24, 2.45) is 0 Å². The first kappa shape index (κ1) is 21.6. The van der Waals surface area contributed by atoms with Crippen LogP contribution in [0.2, 0.25) is 0 Å². The number of rotatable bonds is 4. The number of piperidine rings is 1. The number of pyridine rings is 1. The maximum atomic E-state index is 13.3. The van der Waals surface area contributed by atoms with E-state index in [9.17, 15) is 23.9 Å². The van der Waals surface area contributed by atoms with Crippen molar-refractivity contribution in [3.8, 4) is 5.75 Å². The molecule has 3 saturated heterocycles. The molecule has 6 rings (SSSR count). The van der Waals surface area contributed by atoms with Gasteiger partial charge in [0.1, 0.15) is 17.5 Å². The van der Waals surface area contributed by atoms with Crippen molar-refractivity contribution in [1.82, 2.24) is 14.9 Å². The predicted octanol–water partition coefficient (Wildman–Crippen LogP) is 1.86. The lowest BCUT2D eigenvalue weighted by atomic mass is 10.0. The van der Waals surface area contributed by atoms with Crippen molar-refractivity contribution >= 4 is 46.2 Å². The lowest BCUT2D eigenvalue weighted by molar-refractivity contribution is 0.0531. The number of nitrogens with zero attached hydrogens (tertiary/aromatic N) is 3. The van der Waals surface area contributed by atoms with Crippen molar-refractivity contribution in [3.05, 3.63) is 60.8 Å². The Bertz CT molecular complexity index is 1200. The lowest BCUT2D eigenvalue weighted by Gasteiger charge is -2.58. The molecule has 2 N–H and O–H groups in total. The first-order valence-electron chi connectivity index (χ1n) is 10.2. The third-order valence-electron chi connectivity index (χ3n) is 6.15. The highest BCUT2D eigenvalue weighted by Crippen LogP contribution is 2.47. The van der Waals surface area contributed by atoms with E-state index in [1.54, 1.807) is 11.0 Å². The van der Waals surface area contributed by atoms with Crippen LogP contribution in [0.25, 0.3) is 0 Å². The van der Waals surface area contributed by atoms with Gasteiger partial charge in [-0.3, -0.25) is 24.1 Å². The normalized spacial score (nSPS) is 23.3. The average molecular weight is 570 g/mol. The first-order valence-corrected chi connectivity index (χ1v) is 12.3. The van der Waals surface area contributed by atoms with E-state index in [1.807, 2.05) is 46.3 Å². The van der Waals surface area contributed by atoms with Crippen LogP contribution in [-0.2, 0) is 6.54 Å². The number of benzene rings is 1. The molecule has 32 heavy (non-hydrogen) atoms. The van der Waals surface area contributed by atoms with Gasteiger partial charge in [-0.25, -0.2) is 4.39 Å². The summed E-state index contributed by atoms with van der Waals surface area (Å²) >= 11 is 3.82. The Morgan fingerprint density at radius 2 is 2.12 bits per heavy atom. The predicted molar refractivity (Wildman–Crippen MR) is 126 cm³/mol. The number of hydrogen-bond acceptors (Lipinski definition) is 6. The van der Waals surface area contributed by atoms with Crippen molar-refractivity contribution in [2.45, 2.75) is 36.6 Å². The van der Waals surface area contributed by atoms with Gasteiger partial charge in [0.2, 0.25) is 5.43 Å². The molecule has 0 saturated carbocycles. The fourth-order valence-corrected chi connectivity index (χ4v) is 6.70. The molecule has 3 fully saturated rings. The third-order valence-corrected chi connectivity index (χ3v) is 8.67. The van der Waals surface area contributed by atoms with Crippen LogP contribution in [0, 0.1) is 9.39 Å². The van der Waals surface area contributed by atoms with E-state index in [-0.39, 0.29) is 35.0 Å². The van der Waals surface area contributed by atoms with Crippen LogP contribution in [0.4, 0.5) is 4.39 Å². The van der Waals surface area contributed by atoms with Crippen LogP contribution in [0.5, 0.6) is 5.75 Å². The molecule has 1 aromatic heterocycles. The summed E-state index contributed by atoms with van der Waals surface area (Å²) in [6, 6.07) is 4.22. The fourth-order valence-electron chi connectivity index (χ4n) is 4.57. The molecule has 2 bridgehead atoms. The van der Waals surface area contributed by atoms with Gasteiger partial charge in [-0.05, 0) is 53.6 Å². The van der Waals surface area contributed by atoms with E-state index in [4.69, 9.17) is 0 Å². The fraction of sp³-hybridized carbons (Fsp3) is 0.381. The molecule has 0 unspecified atom stereocenters. The second-order valence-electron chi connectivity index (χ2n) is 7.99. The maximum absolute atomic E-state index is 13.3. The zero-order chi connectivity index (χ0) is 22.7. The molecule has 5 heterocycles. The van der Waals surface area contributed by atoms with Crippen molar-refractivity contribution in [1.29, 1.82) is 0 Å². The molecule has 168 valence electrons. The number of thioether (sulfide) groups is 1. The molecule has 0 radical (unpaired) electrons. The largest absolute Gasteiger partial charge is 0.502 e. The highest BCUT2D eigenvalue weighted by Gasteiger charge is 2.52. The van der Waals surface area contributed by atoms with Gasteiger partial charge >= 0.3 is 0 Å². The van der Waals surface area contributed by atoms with Gasteiger partial charge in [0.25, 0.3) is 11.8 Å². The van der Waals surface area contributed by atoms with Gasteiger partial charge in [-0.15, -0.1) is 11.8 Å². The first-order chi connectivity index (χ1) is 15.3. The van der Waals surface area contributed by atoms with Gasteiger partial charge in [-0.1, -0.05) is 6.07 Å². The number of amides is 2. The van der Waals surface area contributed by atoms with Gasteiger partial charge in [-0.2, -0.15) is 0 Å². The quantitative estimate of drug-likeness (QED) is 0.546. The van der Waals surface area contributed by atoms with Gasteiger partial charge in [0.05, 0.1) is 0 Å². The molecule has 8 nitrogen and oxygen atoms in total. The standard InChI is InChI=1S/C21H20FIN4O4S/c1-2-25-20-15-6-12(32-15)8-27(20)26-9-13(17(28)18(29)16(26)21(25)31)19(30)24-7-10-3-4-11(22)5-14(10)23/h3-5,9,12,15,20,29H,2,6-8H2,1H3,(H,24,30)/t12-,15+,20+/m1/s1. The summed E-state index contributed by atoms with van der Waals surface area (Å²) in [6.07, 6.45) is 2.19. The monoisotopic (exact) mass is 570 g/mol. The molecular formula is C21H20FIN4O4S. The Morgan fingerprint density at radius 1 is 1.38 bits per heavy atom. The molecule has 0 spiro atoms. The molecule has 2 amide bonds. The summed E-state index contributed by atoms with van der Waals surface area (Å²) in [6.45, 7) is 3.07. The van der Waals surface area contributed by atoms with Crippen LogP contribution >= 0.6 is 34.4 Å². The van der Waals surface area contributed by atoms with E-state index in [0.29, 0.717) is 27.5 Å². The minimum atomic E-state index is -0.887. The van der Waals surface area contributed by atoms with Crippen LogP contribution in [-0.4, -0.2) is 56.3 Å². The number of aromatic nitrogens is 1. The number of aromatic hydroxyl groups is 1. The lowest BCUT2D eigenvalue weighted by Crippen LogP contribution is -2.72. The SMILES string of the molecule is CCN1C(=O)c2c(O)c(=O)c(C(=O)NCc3ccc(F)cc3I)cn2N2C[C@H]3C[C@H](S3)[C@@H]12. The molecule has 1 aromatic carbocycles. The molecular weight excluding hydrogens is 550 g/mol. The van der Waals surface area contributed by atoms with Crippen LogP contribution in [0.3, 0.4) is 0 Å². The molecule has 11 heteroatoms. The van der Waals surface area contributed by atoms with Crippen LogP contribution < -0.4 is 15.8 Å². The zero-order valence-corrected chi connectivity index (χ0v) is 20.0. The minimum absolute atomic E-state index is 0.0923. The van der Waals surface area contributed by atoms with E-state index < -0.39 is 23.0 Å². The Hall–Kier alpha value is -2.28. The topological polar surface area (TPSA) is 94.9 Å². The van der Waals surface area contributed by atoms with Gasteiger partial charge in [0, 0.05) is 39.9 Å². The molecule has 3 atom stereocenters. The number of carbonyl (C=O) groups is 2. The van der Waals surface area contributed by atoms with Gasteiger partial charge < -0.3 is 15.3 Å². The third kappa shape index (κ3) is 3.28. The van der Waals surface area contributed by atoms with Crippen LogP contribution in [0.1, 0.15) is 39.8 Å². The second kappa shape index (κ2) is 7.94. The summed E-state index contributed by atoms with van der Waals surface area (Å²) in [4.78, 5) is 40.5. The summed E-state index contributed by atoms with van der Waals surface area (Å²) in [7, 11) is 0. The Morgan fingerprint density at radius 3 is 2.81 bits per heavy atom. The number of carbonyl (C=O) groups excluding carboxylic acids is 2. The summed E-state index contributed by atoms with van der Waals surface area (Å²) in [5, 5.41) is 15.9. The van der Waals surface area contributed by atoms with E-state index in [2.05, 4.69) is 5.32 Å². The van der Waals surface area contributed by atoms with Crippen LogP contribution in [0.15, 0.2) is 29.2 Å². The summed E-state index contributed by atoms with van der Waals surface area (Å²) in [5.41, 5.74) is -0.539.